The fourth-order valence-electron chi connectivity index (χ4n) is 3.34. The molecule has 0 aromatic heterocycles. The number of sulfonamides is 1. The SMILES string of the molecule is C[C@@H]1Cc2ccc(F)cc2[C@H]1NCCc1ccc(S(N)(=O)=O)cc1. The molecule has 2 atom stereocenters. The molecule has 1 aliphatic carbocycles. The first-order valence-electron chi connectivity index (χ1n) is 7.98. The Morgan fingerprint density at radius 3 is 2.58 bits per heavy atom. The van der Waals surface area contributed by atoms with E-state index >= 15 is 0 Å². The van der Waals surface area contributed by atoms with Gasteiger partial charge in [-0.2, -0.15) is 0 Å². The van der Waals surface area contributed by atoms with E-state index in [4.69, 9.17) is 5.14 Å². The molecule has 2 aromatic rings. The lowest BCUT2D eigenvalue weighted by Crippen LogP contribution is -2.26. The molecule has 0 radical (unpaired) electrons. The van der Waals surface area contributed by atoms with Crippen LogP contribution in [-0.4, -0.2) is 15.0 Å². The molecule has 0 spiro atoms. The van der Waals surface area contributed by atoms with Crippen LogP contribution in [0.4, 0.5) is 4.39 Å². The number of hydrogen-bond donors (Lipinski definition) is 2. The Morgan fingerprint density at radius 2 is 1.92 bits per heavy atom. The highest BCUT2D eigenvalue weighted by molar-refractivity contribution is 7.89. The molecule has 6 heteroatoms. The molecule has 0 amide bonds. The molecule has 0 fully saturated rings. The van der Waals surface area contributed by atoms with Gasteiger partial charge in [-0.3, -0.25) is 0 Å². The van der Waals surface area contributed by atoms with Gasteiger partial charge in [0.2, 0.25) is 10.0 Å². The van der Waals surface area contributed by atoms with Gasteiger partial charge in [-0.05, 0) is 66.3 Å². The molecule has 3 rings (SSSR count). The smallest absolute Gasteiger partial charge is 0.238 e. The second-order valence-corrected chi connectivity index (χ2v) is 7.96. The minimum atomic E-state index is -3.65. The first-order valence-corrected chi connectivity index (χ1v) is 9.52. The minimum Gasteiger partial charge on any atom is -0.309 e. The third kappa shape index (κ3) is 3.66. The van der Waals surface area contributed by atoms with Crippen LogP contribution in [0.15, 0.2) is 47.4 Å². The Hall–Kier alpha value is -1.76. The van der Waals surface area contributed by atoms with Crippen LogP contribution in [0.3, 0.4) is 0 Å². The normalized spacial score (nSPS) is 20.1. The van der Waals surface area contributed by atoms with Crippen LogP contribution in [0.5, 0.6) is 0 Å². The van der Waals surface area contributed by atoms with Gasteiger partial charge >= 0.3 is 0 Å². The third-order valence-corrected chi connectivity index (χ3v) is 5.51. The summed E-state index contributed by atoms with van der Waals surface area (Å²) >= 11 is 0. The van der Waals surface area contributed by atoms with E-state index in [0.29, 0.717) is 5.92 Å². The number of halogens is 1. The number of fused-ring (bicyclic) bond motifs is 1. The van der Waals surface area contributed by atoms with Gasteiger partial charge in [0.25, 0.3) is 0 Å². The summed E-state index contributed by atoms with van der Waals surface area (Å²) in [4.78, 5) is 0.119. The summed E-state index contributed by atoms with van der Waals surface area (Å²) in [6.45, 7) is 2.90. The minimum absolute atomic E-state index is 0.119. The van der Waals surface area contributed by atoms with Crippen molar-refractivity contribution in [3.05, 3.63) is 65.0 Å². The number of rotatable bonds is 5. The predicted molar refractivity (Wildman–Crippen MR) is 91.5 cm³/mol. The molecule has 128 valence electrons. The van der Waals surface area contributed by atoms with Crippen LogP contribution < -0.4 is 10.5 Å². The Labute approximate surface area is 141 Å². The van der Waals surface area contributed by atoms with Gasteiger partial charge in [0.05, 0.1) is 4.90 Å². The van der Waals surface area contributed by atoms with Crippen molar-refractivity contribution in [1.29, 1.82) is 0 Å². The second kappa shape index (κ2) is 6.63. The molecule has 1 aliphatic rings. The van der Waals surface area contributed by atoms with Gasteiger partial charge < -0.3 is 5.32 Å². The maximum atomic E-state index is 13.5. The largest absolute Gasteiger partial charge is 0.309 e. The molecular weight excluding hydrogens is 327 g/mol. The molecule has 0 aliphatic heterocycles. The third-order valence-electron chi connectivity index (χ3n) is 4.58. The van der Waals surface area contributed by atoms with E-state index in [2.05, 4.69) is 12.2 Å². The zero-order chi connectivity index (χ0) is 17.3. The molecule has 2 aromatic carbocycles. The maximum absolute atomic E-state index is 13.5. The van der Waals surface area contributed by atoms with E-state index in [9.17, 15) is 12.8 Å². The van der Waals surface area contributed by atoms with Crippen molar-refractivity contribution < 1.29 is 12.8 Å². The quantitative estimate of drug-likeness (QED) is 0.872. The number of nitrogens with one attached hydrogen (secondary N) is 1. The molecule has 0 bridgehead atoms. The first-order chi connectivity index (χ1) is 11.3. The summed E-state index contributed by atoms with van der Waals surface area (Å²) in [5.41, 5.74) is 3.28. The van der Waals surface area contributed by atoms with Crippen molar-refractivity contribution in [3.63, 3.8) is 0 Å². The second-order valence-electron chi connectivity index (χ2n) is 6.40. The highest BCUT2D eigenvalue weighted by atomic mass is 32.2. The summed E-state index contributed by atoms with van der Waals surface area (Å²) in [5.74, 6) is 0.222. The van der Waals surface area contributed by atoms with Crippen molar-refractivity contribution >= 4 is 10.0 Å². The van der Waals surface area contributed by atoms with Crippen molar-refractivity contribution in [2.75, 3.05) is 6.54 Å². The Morgan fingerprint density at radius 1 is 1.21 bits per heavy atom. The van der Waals surface area contributed by atoms with Crippen molar-refractivity contribution in [3.8, 4) is 0 Å². The molecule has 0 saturated carbocycles. The van der Waals surface area contributed by atoms with Crippen LogP contribution >= 0.6 is 0 Å². The fraction of sp³-hybridized carbons (Fsp3) is 0.333. The number of primary sulfonamides is 1. The van der Waals surface area contributed by atoms with E-state index in [1.54, 1.807) is 18.2 Å². The number of nitrogens with two attached hydrogens (primary N) is 1. The molecule has 0 saturated heterocycles. The summed E-state index contributed by atoms with van der Waals surface area (Å²) in [6, 6.07) is 11.7. The molecule has 3 N–H and O–H groups in total. The van der Waals surface area contributed by atoms with Gasteiger partial charge in [-0.1, -0.05) is 25.1 Å². The number of hydrogen-bond acceptors (Lipinski definition) is 3. The zero-order valence-corrected chi connectivity index (χ0v) is 14.3. The van der Waals surface area contributed by atoms with Crippen LogP contribution in [0, 0.1) is 11.7 Å². The van der Waals surface area contributed by atoms with Gasteiger partial charge in [0.1, 0.15) is 5.82 Å². The Kier molecular flexibility index (Phi) is 4.71. The topological polar surface area (TPSA) is 72.2 Å². The van der Waals surface area contributed by atoms with Crippen LogP contribution in [0.2, 0.25) is 0 Å². The van der Waals surface area contributed by atoms with Crippen molar-refractivity contribution in [2.24, 2.45) is 11.1 Å². The van der Waals surface area contributed by atoms with Crippen molar-refractivity contribution in [2.45, 2.75) is 30.7 Å². The van der Waals surface area contributed by atoms with E-state index in [0.717, 1.165) is 30.5 Å². The average Bonchev–Trinajstić information content (AvgIpc) is 2.82. The first kappa shape index (κ1) is 17.1. The Bertz CT molecular complexity index is 835. The van der Waals surface area contributed by atoms with Gasteiger partial charge in [0.15, 0.2) is 0 Å². The molecule has 0 unspecified atom stereocenters. The monoisotopic (exact) mass is 348 g/mol. The summed E-state index contributed by atoms with van der Waals surface area (Å²) in [6.07, 6.45) is 1.72. The lowest BCUT2D eigenvalue weighted by molar-refractivity contribution is 0.418. The van der Waals surface area contributed by atoms with Crippen LogP contribution in [0.1, 0.15) is 29.7 Å². The van der Waals surface area contributed by atoms with Crippen LogP contribution in [-0.2, 0) is 22.9 Å². The lowest BCUT2D eigenvalue weighted by Gasteiger charge is -2.19. The van der Waals surface area contributed by atoms with E-state index < -0.39 is 10.0 Å². The van der Waals surface area contributed by atoms with E-state index in [1.165, 1.54) is 23.8 Å². The molecule has 4 nitrogen and oxygen atoms in total. The highest BCUT2D eigenvalue weighted by Crippen LogP contribution is 2.36. The molecule has 24 heavy (non-hydrogen) atoms. The Balaban J connectivity index is 1.62. The van der Waals surface area contributed by atoms with Gasteiger partial charge in [0, 0.05) is 6.04 Å². The molecule has 0 heterocycles. The van der Waals surface area contributed by atoms with Gasteiger partial charge in [-0.25, -0.2) is 17.9 Å². The van der Waals surface area contributed by atoms with E-state index in [-0.39, 0.29) is 16.8 Å². The summed E-state index contributed by atoms with van der Waals surface area (Å²) in [7, 11) is -3.65. The zero-order valence-electron chi connectivity index (χ0n) is 13.5. The summed E-state index contributed by atoms with van der Waals surface area (Å²) < 4.78 is 36.0. The maximum Gasteiger partial charge on any atom is 0.238 e. The van der Waals surface area contributed by atoms with Crippen molar-refractivity contribution in [1.82, 2.24) is 5.32 Å². The van der Waals surface area contributed by atoms with Crippen LogP contribution in [0.25, 0.3) is 0 Å². The summed E-state index contributed by atoms with van der Waals surface area (Å²) in [5, 5.41) is 8.59. The number of benzene rings is 2. The van der Waals surface area contributed by atoms with Gasteiger partial charge in [-0.15, -0.1) is 0 Å². The fourth-order valence-corrected chi connectivity index (χ4v) is 3.86. The molecular formula is C18H21FN2O2S. The lowest BCUT2D eigenvalue weighted by atomic mass is 10.0. The highest BCUT2D eigenvalue weighted by Gasteiger charge is 2.29. The van der Waals surface area contributed by atoms with E-state index in [1.807, 2.05) is 6.07 Å². The average molecular weight is 348 g/mol. The standard InChI is InChI=1S/C18H21FN2O2S/c1-12-10-14-4-5-15(19)11-17(14)18(12)21-9-8-13-2-6-16(7-3-13)24(20,22)23/h2-7,11-12,18,21H,8-10H2,1H3,(H2,20,22,23)/t12-,18+/m1/s1. The predicted octanol–water partition coefficient (Wildman–Crippen LogP) is 2.54.